The van der Waals surface area contributed by atoms with Crippen molar-refractivity contribution in [3.05, 3.63) is 41.0 Å². The van der Waals surface area contributed by atoms with Crippen LogP contribution in [0.15, 0.2) is 29.9 Å². The van der Waals surface area contributed by atoms with Crippen molar-refractivity contribution in [3.63, 3.8) is 0 Å². The number of benzene rings is 1. The molecule has 1 aliphatic rings. The summed E-state index contributed by atoms with van der Waals surface area (Å²) >= 11 is 1.66. The Hall–Kier alpha value is -1.98. The van der Waals surface area contributed by atoms with Crippen LogP contribution in [0.2, 0.25) is 0 Å². The van der Waals surface area contributed by atoms with Gasteiger partial charge in [0.25, 0.3) is 0 Å². The first-order chi connectivity index (χ1) is 10.3. The molecule has 0 amide bonds. The van der Waals surface area contributed by atoms with E-state index in [1.54, 1.807) is 17.7 Å². The quantitative estimate of drug-likeness (QED) is 0.790. The van der Waals surface area contributed by atoms with Gasteiger partial charge in [-0.25, -0.2) is 9.97 Å². The molecule has 0 saturated heterocycles. The van der Waals surface area contributed by atoms with Crippen LogP contribution in [-0.2, 0) is 6.42 Å². The smallest absolute Gasteiger partial charge is 0.132 e. The highest BCUT2D eigenvalue weighted by Crippen LogP contribution is 2.41. The van der Waals surface area contributed by atoms with Crippen LogP contribution < -0.4 is 10.5 Å². The number of rotatable bonds is 2. The maximum atomic E-state index is 6.04. The van der Waals surface area contributed by atoms with Gasteiger partial charge in [-0.05, 0) is 35.6 Å². The molecule has 0 saturated carbocycles. The van der Waals surface area contributed by atoms with Gasteiger partial charge in [-0.3, -0.25) is 0 Å². The maximum Gasteiger partial charge on any atom is 0.132 e. The minimum absolute atomic E-state index is 0.0706. The fourth-order valence-electron chi connectivity index (χ4n) is 2.88. The van der Waals surface area contributed by atoms with Gasteiger partial charge < -0.3 is 10.5 Å². The van der Waals surface area contributed by atoms with E-state index in [-0.39, 0.29) is 6.10 Å². The van der Waals surface area contributed by atoms with E-state index in [1.807, 2.05) is 11.4 Å². The number of hydrogen-bond acceptors (Lipinski definition) is 5. The Labute approximate surface area is 126 Å². The zero-order valence-electron chi connectivity index (χ0n) is 11.7. The first-order valence-corrected chi connectivity index (χ1v) is 7.83. The lowest BCUT2D eigenvalue weighted by Crippen LogP contribution is -2.24. The fraction of sp³-hybridized carbons (Fsp3) is 0.250. The SMILES string of the molecule is Cc1cc2c(c(-c3ncnc4ccsc34)c1)OC(CN)C2. The summed E-state index contributed by atoms with van der Waals surface area (Å²) in [6.45, 7) is 2.64. The topological polar surface area (TPSA) is 61.0 Å². The van der Waals surface area contributed by atoms with Crippen LogP contribution in [0, 0.1) is 6.92 Å². The van der Waals surface area contributed by atoms with Crippen molar-refractivity contribution < 1.29 is 4.74 Å². The lowest BCUT2D eigenvalue weighted by Gasteiger charge is -2.11. The van der Waals surface area contributed by atoms with Crippen LogP contribution >= 0.6 is 11.3 Å². The third kappa shape index (κ3) is 2.01. The molecule has 3 aromatic rings. The molecule has 3 heterocycles. The third-order valence-corrected chi connectivity index (χ3v) is 4.71. The van der Waals surface area contributed by atoms with Crippen molar-refractivity contribution in [1.29, 1.82) is 0 Å². The van der Waals surface area contributed by atoms with Crippen molar-refractivity contribution in [2.45, 2.75) is 19.4 Å². The third-order valence-electron chi connectivity index (χ3n) is 3.80. The first-order valence-electron chi connectivity index (χ1n) is 6.95. The summed E-state index contributed by atoms with van der Waals surface area (Å²) in [4.78, 5) is 8.82. The number of nitrogens with two attached hydrogens (primary N) is 1. The standard InChI is InChI=1S/C16H15N3OS/c1-9-4-10-6-11(7-17)20-15(10)12(5-9)14-16-13(2-3-21-16)18-8-19-14/h2-5,8,11H,6-7,17H2,1H3. The number of ether oxygens (including phenoxy) is 1. The Morgan fingerprint density at radius 1 is 1.38 bits per heavy atom. The summed E-state index contributed by atoms with van der Waals surface area (Å²) in [5.41, 5.74) is 11.2. The van der Waals surface area contributed by atoms with Crippen molar-refractivity contribution in [2.75, 3.05) is 6.54 Å². The van der Waals surface area contributed by atoms with Crippen molar-refractivity contribution in [1.82, 2.24) is 9.97 Å². The van der Waals surface area contributed by atoms with Crippen LogP contribution in [0.25, 0.3) is 21.5 Å². The van der Waals surface area contributed by atoms with E-state index in [9.17, 15) is 0 Å². The van der Waals surface area contributed by atoms with Crippen molar-refractivity contribution >= 4 is 21.6 Å². The van der Waals surface area contributed by atoms with Crippen molar-refractivity contribution in [2.24, 2.45) is 5.73 Å². The largest absolute Gasteiger partial charge is 0.488 e. The molecule has 2 N–H and O–H groups in total. The highest BCUT2D eigenvalue weighted by atomic mass is 32.1. The molecule has 2 aromatic heterocycles. The van der Waals surface area contributed by atoms with Crippen LogP contribution in [-0.4, -0.2) is 22.6 Å². The Bertz CT molecular complexity index is 828. The molecule has 0 bridgehead atoms. The van der Waals surface area contributed by atoms with E-state index in [1.165, 1.54) is 11.1 Å². The van der Waals surface area contributed by atoms with Gasteiger partial charge in [0.2, 0.25) is 0 Å². The van der Waals surface area contributed by atoms with Crippen molar-refractivity contribution in [3.8, 4) is 17.0 Å². The molecule has 5 heteroatoms. The van der Waals surface area contributed by atoms with E-state index >= 15 is 0 Å². The highest BCUT2D eigenvalue weighted by Gasteiger charge is 2.26. The van der Waals surface area contributed by atoms with Gasteiger partial charge in [0.05, 0.1) is 15.9 Å². The Kier molecular flexibility index (Phi) is 2.90. The molecule has 0 radical (unpaired) electrons. The molecule has 106 valence electrons. The normalized spacial score (nSPS) is 17.0. The molecule has 21 heavy (non-hydrogen) atoms. The molecule has 4 nitrogen and oxygen atoms in total. The summed E-state index contributed by atoms with van der Waals surface area (Å²) in [6, 6.07) is 6.34. The van der Waals surface area contributed by atoms with Crippen LogP contribution in [0.5, 0.6) is 5.75 Å². The minimum Gasteiger partial charge on any atom is -0.488 e. The monoisotopic (exact) mass is 297 g/mol. The molecule has 0 spiro atoms. The first kappa shape index (κ1) is 12.7. The van der Waals surface area contributed by atoms with E-state index in [2.05, 4.69) is 29.0 Å². The molecule has 1 atom stereocenters. The van der Waals surface area contributed by atoms with Gasteiger partial charge >= 0.3 is 0 Å². The minimum atomic E-state index is 0.0706. The number of thiophene rings is 1. The maximum absolute atomic E-state index is 6.04. The lowest BCUT2D eigenvalue weighted by molar-refractivity contribution is 0.242. The summed E-state index contributed by atoms with van der Waals surface area (Å²) in [6.07, 6.45) is 2.56. The second kappa shape index (κ2) is 4.79. The zero-order valence-corrected chi connectivity index (χ0v) is 12.5. The van der Waals surface area contributed by atoms with Gasteiger partial charge in [-0.2, -0.15) is 0 Å². The van der Waals surface area contributed by atoms with E-state index in [0.717, 1.165) is 33.6 Å². The average molecular weight is 297 g/mol. The Morgan fingerprint density at radius 3 is 3.14 bits per heavy atom. The lowest BCUT2D eigenvalue weighted by atomic mass is 10.0. The molecule has 0 fully saturated rings. The van der Waals surface area contributed by atoms with E-state index in [4.69, 9.17) is 10.5 Å². The summed E-state index contributed by atoms with van der Waals surface area (Å²) in [5.74, 6) is 0.935. The molecular formula is C16H15N3OS. The zero-order chi connectivity index (χ0) is 14.4. The summed E-state index contributed by atoms with van der Waals surface area (Å²) in [7, 11) is 0. The second-order valence-corrected chi connectivity index (χ2v) is 6.25. The summed E-state index contributed by atoms with van der Waals surface area (Å²) in [5, 5.41) is 2.04. The fourth-order valence-corrected chi connectivity index (χ4v) is 3.73. The number of nitrogens with zero attached hydrogens (tertiary/aromatic N) is 2. The molecule has 0 aliphatic carbocycles. The van der Waals surface area contributed by atoms with Gasteiger partial charge in [0, 0.05) is 18.5 Å². The molecule has 1 aromatic carbocycles. The van der Waals surface area contributed by atoms with Gasteiger partial charge in [0.15, 0.2) is 0 Å². The number of hydrogen-bond donors (Lipinski definition) is 1. The molecule has 1 aliphatic heterocycles. The number of aryl methyl sites for hydroxylation is 1. The van der Waals surface area contributed by atoms with Gasteiger partial charge in [-0.1, -0.05) is 6.07 Å². The Balaban J connectivity index is 1.96. The number of fused-ring (bicyclic) bond motifs is 2. The molecule has 4 rings (SSSR count). The van der Waals surface area contributed by atoms with Gasteiger partial charge in [0.1, 0.15) is 18.2 Å². The van der Waals surface area contributed by atoms with Crippen LogP contribution in [0.4, 0.5) is 0 Å². The van der Waals surface area contributed by atoms with E-state index in [0.29, 0.717) is 6.54 Å². The van der Waals surface area contributed by atoms with Gasteiger partial charge in [-0.15, -0.1) is 11.3 Å². The highest BCUT2D eigenvalue weighted by molar-refractivity contribution is 7.17. The predicted octanol–water partition coefficient (Wildman–Crippen LogP) is 2.93. The molecule has 1 unspecified atom stereocenters. The average Bonchev–Trinajstić information content (AvgIpc) is 3.11. The second-order valence-electron chi connectivity index (χ2n) is 5.34. The molecular weight excluding hydrogens is 282 g/mol. The number of aromatic nitrogens is 2. The Morgan fingerprint density at radius 2 is 2.29 bits per heavy atom. The van der Waals surface area contributed by atoms with Crippen LogP contribution in [0.3, 0.4) is 0 Å². The predicted molar refractivity (Wildman–Crippen MR) is 84.8 cm³/mol. The summed E-state index contributed by atoms with van der Waals surface area (Å²) < 4.78 is 7.14. The van der Waals surface area contributed by atoms with Crippen LogP contribution in [0.1, 0.15) is 11.1 Å². The van der Waals surface area contributed by atoms with E-state index < -0.39 is 0 Å².